The lowest BCUT2D eigenvalue weighted by Crippen LogP contribution is -2.22. The van der Waals surface area contributed by atoms with E-state index in [2.05, 4.69) is 5.32 Å². The maximum Gasteiger partial charge on any atom is 0.338 e. The third-order valence-electron chi connectivity index (χ3n) is 3.99. The number of carbonyl (C=O) groups excluding carboxylic acids is 2. The van der Waals surface area contributed by atoms with E-state index in [1.165, 1.54) is 24.3 Å². The van der Waals surface area contributed by atoms with Crippen LogP contribution in [0.5, 0.6) is 11.5 Å². The van der Waals surface area contributed by atoms with E-state index in [0.717, 1.165) is 6.42 Å². The van der Waals surface area contributed by atoms with Gasteiger partial charge in [-0.1, -0.05) is 19.1 Å². The number of hydrogen-bond donors (Lipinski definition) is 1. The number of hydrogen-bond acceptors (Lipinski definition) is 7. The van der Waals surface area contributed by atoms with Crippen molar-refractivity contribution < 1.29 is 28.7 Å². The number of esters is 1. The molecule has 0 spiro atoms. The quantitative estimate of drug-likeness (QED) is 0.355. The summed E-state index contributed by atoms with van der Waals surface area (Å²) in [5.41, 5.74) is 0.545. The van der Waals surface area contributed by atoms with Crippen molar-refractivity contribution in [2.45, 2.75) is 27.2 Å². The summed E-state index contributed by atoms with van der Waals surface area (Å²) < 4.78 is 16.1. The van der Waals surface area contributed by atoms with E-state index in [-0.39, 0.29) is 16.9 Å². The molecule has 30 heavy (non-hydrogen) atoms. The van der Waals surface area contributed by atoms with E-state index in [0.29, 0.717) is 30.3 Å². The Morgan fingerprint density at radius 1 is 1.10 bits per heavy atom. The summed E-state index contributed by atoms with van der Waals surface area (Å²) in [6, 6.07) is 9.04. The summed E-state index contributed by atoms with van der Waals surface area (Å²) in [5, 5.41) is 13.6. The molecule has 0 aliphatic rings. The van der Waals surface area contributed by atoms with Crippen molar-refractivity contribution >= 4 is 23.3 Å². The molecule has 0 unspecified atom stereocenters. The van der Waals surface area contributed by atoms with Crippen molar-refractivity contribution in [1.82, 2.24) is 0 Å². The lowest BCUT2D eigenvalue weighted by atomic mass is 10.1. The first-order valence-corrected chi connectivity index (χ1v) is 9.48. The molecule has 1 amide bonds. The molecule has 0 bridgehead atoms. The van der Waals surface area contributed by atoms with Crippen molar-refractivity contribution in [3.8, 4) is 11.5 Å². The minimum Gasteiger partial charge on any atom is -0.490 e. The summed E-state index contributed by atoms with van der Waals surface area (Å²) in [7, 11) is 0. The van der Waals surface area contributed by atoms with Gasteiger partial charge in [0.25, 0.3) is 11.6 Å². The van der Waals surface area contributed by atoms with Crippen LogP contribution in [0.15, 0.2) is 36.4 Å². The number of ether oxygens (including phenoxy) is 3. The maximum absolute atomic E-state index is 12.3. The van der Waals surface area contributed by atoms with Crippen molar-refractivity contribution in [2.24, 2.45) is 0 Å². The zero-order valence-electron chi connectivity index (χ0n) is 17.1. The topological polar surface area (TPSA) is 117 Å². The van der Waals surface area contributed by atoms with Gasteiger partial charge >= 0.3 is 5.97 Å². The van der Waals surface area contributed by atoms with Gasteiger partial charge in [-0.3, -0.25) is 14.9 Å². The highest BCUT2D eigenvalue weighted by molar-refractivity contribution is 5.97. The number of nitrogens with zero attached hydrogens (tertiary/aromatic N) is 1. The fraction of sp³-hybridized carbons (Fsp3) is 0.333. The molecule has 0 aliphatic carbocycles. The Bertz CT molecular complexity index is 928. The molecule has 0 aromatic heterocycles. The molecule has 9 heteroatoms. The van der Waals surface area contributed by atoms with Crippen LogP contribution in [0, 0.1) is 17.0 Å². The number of nitrogens with one attached hydrogen (secondary N) is 1. The van der Waals surface area contributed by atoms with Crippen LogP contribution in [0.3, 0.4) is 0 Å². The van der Waals surface area contributed by atoms with Gasteiger partial charge in [0.15, 0.2) is 18.1 Å². The predicted octanol–water partition coefficient (Wildman–Crippen LogP) is 3.89. The number of nitro groups is 1. The molecule has 0 aliphatic heterocycles. The molecule has 0 fully saturated rings. The van der Waals surface area contributed by atoms with Gasteiger partial charge in [-0.15, -0.1) is 0 Å². The largest absolute Gasteiger partial charge is 0.490 e. The zero-order valence-corrected chi connectivity index (χ0v) is 17.1. The number of benzene rings is 2. The summed E-state index contributed by atoms with van der Waals surface area (Å²) in [6.45, 7) is 5.72. The number of rotatable bonds is 10. The SMILES string of the molecule is CCCOc1ccc(C(=O)OCC(=O)Nc2c(C)cccc2[N+](=O)[O-])cc1OCC. The standard InChI is InChI=1S/C21H24N2O7/c1-4-11-29-17-10-9-15(12-18(17)28-5-2)21(25)30-13-19(24)22-20-14(3)7-6-8-16(20)23(26)27/h6-10,12H,4-5,11,13H2,1-3H3,(H,22,24). The molecule has 2 aromatic carbocycles. The molecule has 0 radical (unpaired) electrons. The van der Waals surface area contributed by atoms with Crippen LogP contribution in [-0.2, 0) is 9.53 Å². The summed E-state index contributed by atoms with van der Waals surface area (Å²) >= 11 is 0. The van der Waals surface area contributed by atoms with E-state index in [1.54, 1.807) is 19.1 Å². The van der Waals surface area contributed by atoms with Crippen LogP contribution in [0.4, 0.5) is 11.4 Å². The Morgan fingerprint density at radius 3 is 2.53 bits per heavy atom. The monoisotopic (exact) mass is 416 g/mol. The first-order chi connectivity index (χ1) is 14.4. The highest BCUT2D eigenvalue weighted by atomic mass is 16.6. The van der Waals surface area contributed by atoms with E-state index in [1.807, 2.05) is 13.8 Å². The number of para-hydroxylation sites is 1. The first kappa shape index (κ1) is 22.7. The highest BCUT2D eigenvalue weighted by Crippen LogP contribution is 2.29. The van der Waals surface area contributed by atoms with E-state index in [4.69, 9.17) is 14.2 Å². The molecule has 2 rings (SSSR count). The van der Waals surface area contributed by atoms with Crippen LogP contribution in [-0.4, -0.2) is 36.6 Å². The van der Waals surface area contributed by atoms with Gasteiger partial charge in [0.1, 0.15) is 5.69 Å². The maximum atomic E-state index is 12.3. The van der Waals surface area contributed by atoms with E-state index < -0.39 is 23.4 Å². The zero-order chi connectivity index (χ0) is 22.1. The molecule has 0 atom stereocenters. The molecular formula is C21H24N2O7. The second-order valence-corrected chi connectivity index (χ2v) is 6.29. The molecule has 0 saturated carbocycles. The van der Waals surface area contributed by atoms with Gasteiger partial charge in [0.05, 0.1) is 23.7 Å². The molecular weight excluding hydrogens is 392 g/mol. The summed E-state index contributed by atoms with van der Waals surface area (Å²) in [6.07, 6.45) is 0.823. The average molecular weight is 416 g/mol. The lowest BCUT2D eigenvalue weighted by molar-refractivity contribution is -0.384. The van der Waals surface area contributed by atoms with Crippen LogP contribution in [0.1, 0.15) is 36.2 Å². The number of carbonyl (C=O) groups is 2. The first-order valence-electron chi connectivity index (χ1n) is 9.48. The second-order valence-electron chi connectivity index (χ2n) is 6.29. The molecule has 2 aromatic rings. The van der Waals surface area contributed by atoms with Crippen molar-refractivity contribution in [3.63, 3.8) is 0 Å². The molecule has 0 heterocycles. The Kier molecular flexibility index (Phi) is 8.16. The van der Waals surface area contributed by atoms with E-state index in [9.17, 15) is 19.7 Å². The average Bonchev–Trinajstić information content (AvgIpc) is 2.72. The predicted molar refractivity (Wildman–Crippen MR) is 110 cm³/mol. The Morgan fingerprint density at radius 2 is 1.87 bits per heavy atom. The molecule has 0 saturated heterocycles. The number of anilines is 1. The Hall–Kier alpha value is -3.62. The highest BCUT2D eigenvalue weighted by Gasteiger charge is 2.19. The van der Waals surface area contributed by atoms with Crippen LogP contribution < -0.4 is 14.8 Å². The third kappa shape index (κ3) is 5.94. The van der Waals surface area contributed by atoms with Crippen LogP contribution >= 0.6 is 0 Å². The van der Waals surface area contributed by atoms with Gasteiger partial charge in [-0.05, 0) is 44.0 Å². The van der Waals surface area contributed by atoms with Crippen LogP contribution in [0.2, 0.25) is 0 Å². The van der Waals surface area contributed by atoms with Gasteiger partial charge < -0.3 is 19.5 Å². The Labute approximate surface area is 174 Å². The van der Waals surface area contributed by atoms with Crippen LogP contribution in [0.25, 0.3) is 0 Å². The fourth-order valence-corrected chi connectivity index (χ4v) is 2.59. The normalized spacial score (nSPS) is 10.2. The van der Waals surface area contributed by atoms with E-state index >= 15 is 0 Å². The smallest absolute Gasteiger partial charge is 0.338 e. The minimum atomic E-state index is -0.729. The lowest BCUT2D eigenvalue weighted by Gasteiger charge is -2.13. The van der Waals surface area contributed by atoms with Crippen molar-refractivity contribution in [1.29, 1.82) is 0 Å². The number of amides is 1. The van der Waals surface area contributed by atoms with Crippen molar-refractivity contribution in [2.75, 3.05) is 25.1 Å². The molecule has 160 valence electrons. The summed E-state index contributed by atoms with van der Waals surface area (Å²) in [4.78, 5) is 35.0. The number of nitro benzene ring substituents is 1. The number of aryl methyl sites for hydroxylation is 1. The van der Waals surface area contributed by atoms with Gasteiger partial charge in [0, 0.05) is 6.07 Å². The van der Waals surface area contributed by atoms with Gasteiger partial charge in [-0.2, -0.15) is 0 Å². The fourth-order valence-electron chi connectivity index (χ4n) is 2.59. The van der Waals surface area contributed by atoms with Gasteiger partial charge in [0.2, 0.25) is 0 Å². The molecule has 1 N–H and O–H groups in total. The second kappa shape index (κ2) is 10.8. The van der Waals surface area contributed by atoms with Gasteiger partial charge in [-0.25, -0.2) is 4.79 Å². The minimum absolute atomic E-state index is 0.0691. The third-order valence-corrected chi connectivity index (χ3v) is 3.99. The summed E-state index contributed by atoms with van der Waals surface area (Å²) in [5.74, 6) is -0.499. The molecule has 9 nitrogen and oxygen atoms in total. The van der Waals surface area contributed by atoms with Crippen molar-refractivity contribution in [3.05, 3.63) is 57.6 Å². The Balaban J connectivity index is 2.04.